The second-order valence-corrected chi connectivity index (χ2v) is 7.24. The van der Waals surface area contributed by atoms with E-state index in [2.05, 4.69) is 10.3 Å². The van der Waals surface area contributed by atoms with Crippen LogP contribution in [0.5, 0.6) is 0 Å². The first-order valence-electron chi connectivity index (χ1n) is 8.61. The molecule has 0 saturated carbocycles. The van der Waals surface area contributed by atoms with E-state index in [-0.39, 0.29) is 42.5 Å². The van der Waals surface area contributed by atoms with Gasteiger partial charge in [0, 0.05) is 23.6 Å². The number of nitrogens with one attached hydrogen (secondary N) is 1. The maximum Gasteiger partial charge on any atom is 0.253 e. The van der Waals surface area contributed by atoms with Crippen molar-refractivity contribution in [2.75, 3.05) is 18.4 Å². The summed E-state index contributed by atoms with van der Waals surface area (Å²) in [4.78, 5) is 18.1. The minimum absolute atomic E-state index is 0.0452. The quantitative estimate of drug-likeness (QED) is 0.760. The fourth-order valence-electron chi connectivity index (χ4n) is 3.56. The summed E-state index contributed by atoms with van der Waals surface area (Å²) >= 11 is 5.82. The van der Waals surface area contributed by atoms with E-state index >= 15 is 4.39 Å². The summed E-state index contributed by atoms with van der Waals surface area (Å²) in [5.74, 6) is -2.11. The highest BCUT2D eigenvalue weighted by Crippen LogP contribution is 2.38. The second kappa shape index (κ2) is 6.70. The smallest absolute Gasteiger partial charge is 0.253 e. The summed E-state index contributed by atoms with van der Waals surface area (Å²) in [6.07, 6.45) is -1.63. The number of fused-ring (bicyclic) bond motifs is 1. The van der Waals surface area contributed by atoms with Gasteiger partial charge in [0.05, 0.1) is 17.8 Å². The fourth-order valence-corrected chi connectivity index (χ4v) is 3.69. The van der Waals surface area contributed by atoms with Crippen molar-refractivity contribution in [1.29, 1.82) is 0 Å². The summed E-state index contributed by atoms with van der Waals surface area (Å²) in [6, 6.07) is 8.16. The molecule has 1 saturated heterocycles. The highest BCUT2D eigenvalue weighted by molar-refractivity contribution is 6.30. The predicted molar refractivity (Wildman–Crippen MR) is 100 cm³/mol. The Balaban J connectivity index is 1.59. The van der Waals surface area contributed by atoms with Crippen molar-refractivity contribution >= 4 is 29.0 Å². The largest absolute Gasteiger partial charge is 0.383 e. The monoisotopic (exact) mass is 408 g/mol. The van der Waals surface area contributed by atoms with Crippen LogP contribution in [0.25, 0.3) is 0 Å². The van der Waals surface area contributed by atoms with Crippen molar-refractivity contribution in [2.45, 2.75) is 18.3 Å². The van der Waals surface area contributed by atoms with E-state index in [1.54, 1.807) is 24.3 Å². The van der Waals surface area contributed by atoms with Gasteiger partial charge in [-0.3, -0.25) is 4.79 Å². The number of anilines is 1. The lowest BCUT2D eigenvalue weighted by Crippen LogP contribution is -2.60. The maximum atomic E-state index is 15.2. The Bertz CT molecular complexity index is 982. The Morgan fingerprint density at radius 2 is 1.89 bits per heavy atom. The summed E-state index contributed by atoms with van der Waals surface area (Å²) in [5.41, 5.74) is 4.23. The van der Waals surface area contributed by atoms with Crippen LogP contribution in [0.4, 0.5) is 18.9 Å². The van der Waals surface area contributed by atoms with Crippen LogP contribution in [0, 0.1) is 11.6 Å². The number of hydrogen-bond acceptors (Lipinski definition) is 4. The van der Waals surface area contributed by atoms with Crippen LogP contribution in [0.1, 0.15) is 22.3 Å². The van der Waals surface area contributed by atoms with Crippen molar-refractivity contribution in [1.82, 2.24) is 4.90 Å². The third-order valence-electron chi connectivity index (χ3n) is 5.06. The predicted octanol–water partition coefficient (Wildman–Crippen LogP) is 3.33. The molecule has 2 aliphatic heterocycles. The Kier molecular flexibility index (Phi) is 4.45. The molecule has 28 heavy (non-hydrogen) atoms. The van der Waals surface area contributed by atoms with Crippen LogP contribution in [0.3, 0.4) is 0 Å². The molecule has 0 aliphatic carbocycles. The number of likely N-dealkylation sites (tertiary alicyclic amines) is 1. The summed E-state index contributed by atoms with van der Waals surface area (Å²) < 4.78 is 43.4. The standard InChI is InChI=1S/C19H16ClF3N4O/c20-11-3-1-10(2-4-11)18(28)27-8-7-19(14(23)9-27)25-16-13(22)6-5-12(21)15(16)17(24)26-19/h1-6,14,25H,7-9H2,(H2,24,26). The summed E-state index contributed by atoms with van der Waals surface area (Å²) in [6.45, 7) is -0.102. The van der Waals surface area contributed by atoms with Gasteiger partial charge < -0.3 is 16.0 Å². The molecule has 0 radical (unpaired) electrons. The lowest BCUT2D eigenvalue weighted by Gasteiger charge is -2.44. The molecule has 5 nitrogen and oxygen atoms in total. The van der Waals surface area contributed by atoms with Gasteiger partial charge in [0.25, 0.3) is 5.91 Å². The van der Waals surface area contributed by atoms with Gasteiger partial charge in [-0.1, -0.05) is 11.6 Å². The number of piperidine rings is 1. The molecule has 1 fully saturated rings. The summed E-state index contributed by atoms with van der Waals surface area (Å²) in [7, 11) is 0. The Morgan fingerprint density at radius 1 is 1.21 bits per heavy atom. The van der Waals surface area contributed by atoms with Crippen LogP contribution in [-0.2, 0) is 0 Å². The molecule has 2 unspecified atom stereocenters. The summed E-state index contributed by atoms with van der Waals surface area (Å²) in [5, 5.41) is 3.18. The number of carbonyl (C=O) groups is 1. The lowest BCUT2D eigenvalue weighted by molar-refractivity contribution is 0.0494. The number of aliphatic imine (C=N–C) groups is 1. The number of halogens is 4. The molecule has 9 heteroatoms. The normalized spacial score (nSPS) is 23.8. The number of amides is 1. The zero-order valence-corrected chi connectivity index (χ0v) is 15.3. The second-order valence-electron chi connectivity index (χ2n) is 6.80. The third-order valence-corrected chi connectivity index (χ3v) is 5.31. The van der Waals surface area contributed by atoms with E-state index in [9.17, 15) is 13.6 Å². The number of nitrogens with zero attached hydrogens (tertiary/aromatic N) is 2. The van der Waals surface area contributed by atoms with Crippen LogP contribution in [0.2, 0.25) is 5.02 Å². The first-order valence-corrected chi connectivity index (χ1v) is 8.99. The zero-order valence-electron chi connectivity index (χ0n) is 14.6. The Morgan fingerprint density at radius 3 is 2.57 bits per heavy atom. The molecular weight excluding hydrogens is 393 g/mol. The van der Waals surface area contributed by atoms with Crippen molar-refractivity contribution in [3.63, 3.8) is 0 Å². The Labute approximate surface area is 164 Å². The first-order chi connectivity index (χ1) is 13.3. The molecule has 146 valence electrons. The van der Waals surface area contributed by atoms with Gasteiger partial charge in [-0.15, -0.1) is 0 Å². The Hall–Kier alpha value is -2.74. The number of nitrogens with two attached hydrogens (primary N) is 1. The average Bonchev–Trinajstić information content (AvgIpc) is 2.67. The fraction of sp³-hybridized carbons (Fsp3) is 0.263. The van der Waals surface area contributed by atoms with Gasteiger partial charge in [0.15, 0.2) is 11.8 Å². The van der Waals surface area contributed by atoms with Crippen LogP contribution in [0.15, 0.2) is 41.4 Å². The molecule has 4 rings (SSSR count). The molecular formula is C19H16ClF3N4O. The van der Waals surface area contributed by atoms with Crippen molar-refractivity contribution in [3.8, 4) is 0 Å². The minimum Gasteiger partial charge on any atom is -0.383 e. The van der Waals surface area contributed by atoms with Gasteiger partial charge in [-0.2, -0.15) is 0 Å². The molecule has 1 spiro atoms. The SMILES string of the molecule is NC1=NC2(CCN(C(=O)c3ccc(Cl)cc3)CC2F)Nc2c(F)ccc(F)c21. The number of rotatable bonds is 1. The topological polar surface area (TPSA) is 70.7 Å². The maximum absolute atomic E-state index is 15.2. The molecule has 0 bridgehead atoms. The minimum atomic E-state index is -1.67. The highest BCUT2D eigenvalue weighted by Gasteiger charge is 2.48. The van der Waals surface area contributed by atoms with Crippen molar-refractivity contribution < 1.29 is 18.0 Å². The molecule has 2 aliphatic rings. The lowest BCUT2D eigenvalue weighted by atomic mass is 9.91. The number of hydrogen-bond donors (Lipinski definition) is 2. The van der Waals surface area contributed by atoms with Gasteiger partial charge >= 0.3 is 0 Å². The van der Waals surface area contributed by atoms with Gasteiger partial charge in [0.1, 0.15) is 17.5 Å². The van der Waals surface area contributed by atoms with Gasteiger partial charge in [-0.25, -0.2) is 18.2 Å². The molecule has 1 amide bonds. The van der Waals surface area contributed by atoms with E-state index < -0.39 is 23.5 Å². The van der Waals surface area contributed by atoms with Crippen molar-refractivity contribution in [3.05, 3.63) is 64.2 Å². The van der Waals surface area contributed by atoms with Crippen LogP contribution < -0.4 is 11.1 Å². The van der Waals surface area contributed by atoms with Gasteiger partial charge in [0.2, 0.25) is 0 Å². The molecule has 2 atom stereocenters. The molecule has 2 aromatic rings. The van der Waals surface area contributed by atoms with Crippen molar-refractivity contribution in [2.24, 2.45) is 10.7 Å². The van der Waals surface area contributed by atoms with Crippen LogP contribution >= 0.6 is 11.6 Å². The molecule has 0 aromatic heterocycles. The van der Waals surface area contributed by atoms with Gasteiger partial charge in [-0.05, 0) is 36.4 Å². The highest BCUT2D eigenvalue weighted by atomic mass is 35.5. The van der Waals surface area contributed by atoms with Crippen LogP contribution in [-0.4, -0.2) is 41.6 Å². The number of amidine groups is 1. The average molecular weight is 409 g/mol. The van der Waals surface area contributed by atoms with E-state index in [0.29, 0.717) is 10.6 Å². The van der Waals surface area contributed by atoms with E-state index in [1.165, 1.54) is 4.90 Å². The number of alkyl halides is 1. The molecule has 2 aromatic carbocycles. The van der Waals surface area contributed by atoms with E-state index in [1.807, 2.05) is 0 Å². The zero-order chi connectivity index (χ0) is 20.1. The number of benzene rings is 2. The third kappa shape index (κ3) is 2.97. The van der Waals surface area contributed by atoms with E-state index in [4.69, 9.17) is 17.3 Å². The van der Waals surface area contributed by atoms with E-state index in [0.717, 1.165) is 12.1 Å². The molecule has 3 N–H and O–H groups in total. The first kappa shape index (κ1) is 18.6. The molecule has 2 heterocycles. The number of carbonyl (C=O) groups excluding carboxylic acids is 1.